The van der Waals surface area contributed by atoms with Gasteiger partial charge in [0.2, 0.25) is 5.88 Å². The molecule has 0 aliphatic heterocycles. The Kier molecular flexibility index (Phi) is 4.51. The van der Waals surface area contributed by atoms with E-state index in [9.17, 15) is 0 Å². The minimum absolute atomic E-state index is 0.177. The number of aryl methyl sites for hydroxylation is 1. The average molecular weight is 311 g/mol. The van der Waals surface area contributed by atoms with Gasteiger partial charge in [-0.05, 0) is 31.5 Å². The highest BCUT2D eigenvalue weighted by Crippen LogP contribution is 2.31. The zero-order valence-electron chi connectivity index (χ0n) is 11.9. The molecule has 0 aliphatic carbocycles. The minimum atomic E-state index is 0.177. The van der Waals surface area contributed by atoms with Gasteiger partial charge in [-0.15, -0.1) is 0 Å². The van der Waals surface area contributed by atoms with Crippen LogP contribution in [0.2, 0.25) is 10.2 Å². The molecule has 0 amide bonds. The van der Waals surface area contributed by atoms with Crippen LogP contribution in [0.3, 0.4) is 0 Å². The maximum atomic E-state index is 6.14. The second kappa shape index (κ2) is 5.98. The zero-order valence-corrected chi connectivity index (χ0v) is 13.4. The van der Waals surface area contributed by atoms with E-state index < -0.39 is 0 Å². The first-order valence-corrected chi connectivity index (χ1v) is 7.12. The normalized spacial score (nSPS) is 10.9. The van der Waals surface area contributed by atoms with E-state index in [1.807, 2.05) is 39.8 Å². The van der Waals surface area contributed by atoms with Gasteiger partial charge in [0, 0.05) is 16.5 Å². The molecule has 3 nitrogen and oxygen atoms in total. The molecule has 5 heteroatoms. The topological polar surface area (TPSA) is 35.0 Å². The summed E-state index contributed by atoms with van der Waals surface area (Å²) in [7, 11) is 0. The van der Waals surface area contributed by atoms with Gasteiger partial charge in [0.05, 0.1) is 0 Å². The Labute approximate surface area is 128 Å². The first kappa shape index (κ1) is 15.1. The fourth-order valence-corrected chi connectivity index (χ4v) is 1.96. The van der Waals surface area contributed by atoms with E-state index >= 15 is 0 Å². The van der Waals surface area contributed by atoms with Crippen molar-refractivity contribution in [3.8, 4) is 11.6 Å². The fraction of sp³-hybridized carbons (Fsp3) is 0.333. The van der Waals surface area contributed by atoms with Crippen molar-refractivity contribution in [2.75, 3.05) is 0 Å². The van der Waals surface area contributed by atoms with Gasteiger partial charge < -0.3 is 4.74 Å². The lowest BCUT2D eigenvalue weighted by Gasteiger charge is -2.13. The number of nitrogens with zero attached hydrogens (tertiary/aromatic N) is 2. The predicted molar refractivity (Wildman–Crippen MR) is 82.1 cm³/mol. The predicted octanol–water partition coefficient (Wildman–Crippen LogP) is 5.32. The van der Waals surface area contributed by atoms with Gasteiger partial charge in [-0.1, -0.05) is 43.1 Å². The van der Waals surface area contributed by atoms with Crippen LogP contribution in [-0.2, 0) is 0 Å². The Balaban J connectivity index is 2.45. The first-order valence-electron chi connectivity index (χ1n) is 6.36. The molecule has 0 saturated carbocycles. The lowest BCUT2D eigenvalue weighted by Crippen LogP contribution is -2.03. The number of hydrogen-bond donors (Lipinski definition) is 0. The standard InChI is InChI=1S/C15H16Cl2N2O/c1-8(2)14-18-13(17)10(4)15(19-14)20-12-7-11(16)6-5-9(12)3/h5-8H,1-4H3. The molecule has 2 aromatic rings. The van der Waals surface area contributed by atoms with Crippen LogP contribution in [0.15, 0.2) is 18.2 Å². The summed E-state index contributed by atoms with van der Waals surface area (Å²) >= 11 is 12.1. The molecule has 0 atom stereocenters. The Morgan fingerprint density at radius 1 is 1.10 bits per heavy atom. The van der Waals surface area contributed by atoms with Gasteiger partial charge >= 0.3 is 0 Å². The lowest BCUT2D eigenvalue weighted by molar-refractivity contribution is 0.449. The summed E-state index contributed by atoms with van der Waals surface area (Å²) in [6.45, 7) is 7.81. The maximum absolute atomic E-state index is 6.14. The largest absolute Gasteiger partial charge is 0.438 e. The van der Waals surface area contributed by atoms with Gasteiger partial charge in [0.25, 0.3) is 0 Å². The summed E-state index contributed by atoms with van der Waals surface area (Å²) in [5.74, 6) is 1.98. The summed E-state index contributed by atoms with van der Waals surface area (Å²) < 4.78 is 5.87. The monoisotopic (exact) mass is 310 g/mol. The second-order valence-corrected chi connectivity index (χ2v) is 5.76. The molecule has 0 radical (unpaired) electrons. The summed E-state index contributed by atoms with van der Waals surface area (Å²) in [4.78, 5) is 8.70. The van der Waals surface area contributed by atoms with Crippen LogP contribution in [0.1, 0.15) is 36.7 Å². The van der Waals surface area contributed by atoms with E-state index in [0.29, 0.717) is 27.6 Å². The van der Waals surface area contributed by atoms with Crippen LogP contribution in [0, 0.1) is 13.8 Å². The molecule has 1 heterocycles. The van der Waals surface area contributed by atoms with Gasteiger partial charge in [-0.2, -0.15) is 4.98 Å². The molecule has 2 rings (SSSR count). The van der Waals surface area contributed by atoms with Crippen LogP contribution in [0.25, 0.3) is 0 Å². The van der Waals surface area contributed by atoms with Gasteiger partial charge in [0.1, 0.15) is 16.7 Å². The molecule has 106 valence electrons. The Morgan fingerprint density at radius 2 is 1.80 bits per heavy atom. The van der Waals surface area contributed by atoms with E-state index in [-0.39, 0.29) is 5.92 Å². The van der Waals surface area contributed by atoms with E-state index in [0.717, 1.165) is 11.1 Å². The number of benzene rings is 1. The zero-order chi connectivity index (χ0) is 14.9. The quantitative estimate of drug-likeness (QED) is 0.720. The minimum Gasteiger partial charge on any atom is -0.438 e. The van der Waals surface area contributed by atoms with Crippen molar-refractivity contribution < 1.29 is 4.74 Å². The summed E-state index contributed by atoms with van der Waals surface area (Å²) in [6.07, 6.45) is 0. The van der Waals surface area contributed by atoms with E-state index in [1.165, 1.54) is 0 Å². The summed E-state index contributed by atoms with van der Waals surface area (Å²) in [5, 5.41) is 1.03. The molecule has 0 unspecified atom stereocenters. The van der Waals surface area contributed by atoms with Crippen LogP contribution in [-0.4, -0.2) is 9.97 Å². The van der Waals surface area contributed by atoms with Crippen LogP contribution >= 0.6 is 23.2 Å². The van der Waals surface area contributed by atoms with Crippen LogP contribution in [0.4, 0.5) is 0 Å². The highest BCUT2D eigenvalue weighted by atomic mass is 35.5. The highest BCUT2D eigenvalue weighted by molar-refractivity contribution is 6.30. The number of hydrogen-bond acceptors (Lipinski definition) is 3. The molecule has 0 spiro atoms. The van der Waals surface area contributed by atoms with Crippen molar-refractivity contribution in [3.05, 3.63) is 45.3 Å². The maximum Gasteiger partial charge on any atom is 0.227 e. The Morgan fingerprint density at radius 3 is 2.45 bits per heavy atom. The molecule has 0 N–H and O–H groups in total. The third kappa shape index (κ3) is 3.22. The molecule has 0 aliphatic rings. The highest BCUT2D eigenvalue weighted by Gasteiger charge is 2.14. The molecule has 1 aromatic carbocycles. The van der Waals surface area contributed by atoms with E-state index in [2.05, 4.69) is 9.97 Å². The van der Waals surface area contributed by atoms with E-state index in [4.69, 9.17) is 27.9 Å². The van der Waals surface area contributed by atoms with E-state index in [1.54, 1.807) is 6.07 Å². The van der Waals surface area contributed by atoms with Gasteiger partial charge in [-0.3, -0.25) is 0 Å². The number of rotatable bonds is 3. The number of ether oxygens (including phenoxy) is 1. The summed E-state index contributed by atoms with van der Waals surface area (Å²) in [5.41, 5.74) is 1.70. The molecular weight excluding hydrogens is 295 g/mol. The number of aromatic nitrogens is 2. The molecule has 1 aromatic heterocycles. The van der Waals surface area contributed by atoms with Crippen molar-refractivity contribution in [2.45, 2.75) is 33.6 Å². The molecule has 20 heavy (non-hydrogen) atoms. The Hall–Kier alpha value is -1.32. The van der Waals surface area contributed by atoms with Crippen molar-refractivity contribution in [1.82, 2.24) is 9.97 Å². The van der Waals surface area contributed by atoms with Gasteiger partial charge in [0.15, 0.2) is 0 Å². The van der Waals surface area contributed by atoms with Crippen LogP contribution in [0.5, 0.6) is 11.6 Å². The molecule has 0 bridgehead atoms. The van der Waals surface area contributed by atoms with Gasteiger partial charge in [-0.25, -0.2) is 4.98 Å². The third-order valence-corrected chi connectivity index (χ3v) is 3.54. The van der Waals surface area contributed by atoms with Crippen molar-refractivity contribution in [3.63, 3.8) is 0 Å². The third-order valence-electron chi connectivity index (χ3n) is 2.93. The first-order chi connectivity index (χ1) is 9.38. The van der Waals surface area contributed by atoms with Crippen molar-refractivity contribution in [1.29, 1.82) is 0 Å². The fourth-order valence-electron chi connectivity index (χ4n) is 1.63. The SMILES string of the molecule is Cc1ccc(Cl)cc1Oc1nc(C(C)C)nc(Cl)c1C. The molecule has 0 saturated heterocycles. The van der Waals surface area contributed by atoms with Crippen molar-refractivity contribution in [2.24, 2.45) is 0 Å². The number of halogens is 2. The average Bonchev–Trinajstić information content (AvgIpc) is 2.38. The molecule has 0 fully saturated rings. The lowest BCUT2D eigenvalue weighted by atomic mass is 10.2. The molecular formula is C15H16Cl2N2O. The Bertz CT molecular complexity index is 642. The van der Waals surface area contributed by atoms with Crippen LogP contribution < -0.4 is 4.74 Å². The second-order valence-electron chi connectivity index (χ2n) is 4.97. The smallest absolute Gasteiger partial charge is 0.227 e. The summed E-state index contributed by atoms with van der Waals surface area (Å²) in [6, 6.07) is 5.49. The van der Waals surface area contributed by atoms with Crippen molar-refractivity contribution >= 4 is 23.2 Å².